The zero-order valence-electron chi connectivity index (χ0n) is 17.7. The lowest BCUT2D eigenvalue weighted by Crippen LogP contribution is -2.45. The van der Waals surface area contributed by atoms with E-state index in [1.165, 1.54) is 10.9 Å². The molecule has 0 bridgehead atoms. The molecular weight excluding hydrogens is 423 g/mol. The molecule has 0 spiro atoms. The van der Waals surface area contributed by atoms with Crippen molar-refractivity contribution in [2.24, 2.45) is 0 Å². The van der Waals surface area contributed by atoms with Crippen LogP contribution >= 0.6 is 0 Å². The van der Waals surface area contributed by atoms with Gasteiger partial charge in [0, 0.05) is 29.9 Å². The van der Waals surface area contributed by atoms with Crippen molar-refractivity contribution >= 4 is 5.97 Å². The molecule has 4 aromatic rings. The van der Waals surface area contributed by atoms with E-state index in [2.05, 4.69) is 15.4 Å². The van der Waals surface area contributed by atoms with Crippen LogP contribution in [0.15, 0.2) is 85.2 Å². The van der Waals surface area contributed by atoms with Gasteiger partial charge in [0.05, 0.1) is 6.20 Å². The van der Waals surface area contributed by atoms with E-state index in [0.717, 1.165) is 5.56 Å². The fraction of sp³-hybridized carbons (Fsp3) is 0.160. The number of nitrogens with one attached hydrogen (secondary N) is 1. The minimum absolute atomic E-state index is 0.202. The van der Waals surface area contributed by atoms with Crippen molar-refractivity contribution in [3.8, 4) is 17.1 Å². The highest BCUT2D eigenvalue weighted by Crippen LogP contribution is 2.22. The quantitative estimate of drug-likeness (QED) is 0.365. The van der Waals surface area contributed by atoms with Gasteiger partial charge in [0.25, 0.3) is 0 Å². The smallest absolute Gasteiger partial charge is 0.334 e. The number of pyridine rings is 1. The molecule has 2 heterocycles. The first-order valence-corrected chi connectivity index (χ1v) is 10.5. The van der Waals surface area contributed by atoms with Crippen LogP contribution in [-0.4, -0.2) is 43.1 Å². The van der Waals surface area contributed by atoms with Crippen LogP contribution in [0.25, 0.3) is 17.1 Å². The molecule has 8 heteroatoms. The summed E-state index contributed by atoms with van der Waals surface area (Å²) in [5.74, 6) is -1.38. The summed E-state index contributed by atoms with van der Waals surface area (Å²) in [5, 5.41) is 27.1. The van der Waals surface area contributed by atoms with Crippen LogP contribution in [0.3, 0.4) is 0 Å². The zero-order chi connectivity index (χ0) is 23.2. The maximum absolute atomic E-state index is 14.6. The van der Waals surface area contributed by atoms with Crippen LogP contribution in [0.1, 0.15) is 11.1 Å². The van der Waals surface area contributed by atoms with E-state index >= 15 is 0 Å². The number of carboxylic acids is 1. The molecule has 0 aliphatic carbocycles. The molecule has 0 saturated heterocycles. The molecule has 3 N–H and O–H groups in total. The van der Waals surface area contributed by atoms with Gasteiger partial charge in [-0.05, 0) is 18.1 Å². The molecule has 2 unspecified atom stereocenters. The zero-order valence-corrected chi connectivity index (χ0v) is 17.7. The SMILES string of the molecule is O=C(O)C(O)C(Cc1ccccc1)NCc1cccnc1-n1cc(F)c(-c2ccccc2)n1. The van der Waals surface area contributed by atoms with E-state index in [1.807, 2.05) is 48.5 Å². The van der Waals surface area contributed by atoms with Gasteiger partial charge < -0.3 is 15.5 Å². The van der Waals surface area contributed by atoms with Crippen molar-refractivity contribution in [3.63, 3.8) is 0 Å². The van der Waals surface area contributed by atoms with Gasteiger partial charge in [-0.1, -0.05) is 66.7 Å². The number of halogens is 1. The van der Waals surface area contributed by atoms with E-state index in [-0.39, 0.29) is 12.2 Å². The van der Waals surface area contributed by atoms with Crippen LogP contribution in [0.5, 0.6) is 0 Å². The van der Waals surface area contributed by atoms with Crippen LogP contribution in [0.2, 0.25) is 0 Å². The van der Waals surface area contributed by atoms with Gasteiger partial charge >= 0.3 is 5.97 Å². The summed E-state index contributed by atoms with van der Waals surface area (Å²) in [6.45, 7) is 0.202. The molecule has 168 valence electrons. The van der Waals surface area contributed by atoms with Crippen molar-refractivity contribution in [3.05, 3.63) is 102 Å². The molecule has 0 amide bonds. The van der Waals surface area contributed by atoms with Crippen molar-refractivity contribution in [1.29, 1.82) is 0 Å². The number of hydrogen-bond donors (Lipinski definition) is 3. The van der Waals surface area contributed by atoms with E-state index in [4.69, 9.17) is 0 Å². The summed E-state index contributed by atoms with van der Waals surface area (Å²) in [6.07, 6.45) is 1.56. The first-order valence-electron chi connectivity index (χ1n) is 10.5. The highest BCUT2D eigenvalue weighted by molar-refractivity contribution is 5.73. The average Bonchev–Trinajstić information content (AvgIpc) is 3.24. The number of benzene rings is 2. The largest absolute Gasteiger partial charge is 0.479 e. The molecule has 2 aromatic carbocycles. The Bertz CT molecular complexity index is 1210. The second-order valence-electron chi connectivity index (χ2n) is 7.58. The molecule has 0 radical (unpaired) electrons. The minimum Gasteiger partial charge on any atom is -0.479 e. The maximum atomic E-state index is 14.6. The Labute approximate surface area is 190 Å². The monoisotopic (exact) mass is 446 g/mol. The molecule has 0 aliphatic heterocycles. The number of nitrogens with zero attached hydrogens (tertiary/aromatic N) is 3. The van der Waals surface area contributed by atoms with E-state index in [9.17, 15) is 19.4 Å². The van der Waals surface area contributed by atoms with Crippen LogP contribution in [-0.2, 0) is 17.8 Å². The van der Waals surface area contributed by atoms with Crippen molar-refractivity contribution in [2.75, 3.05) is 0 Å². The summed E-state index contributed by atoms with van der Waals surface area (Å²) >= 11 is 0. The second-order valence-corrected chi connectivity index (χ2v) is 7.58. The molecule has 0 aliphatic rings. The topological polar surface area (TPSA) is 100 Å². The summed E-state index contributed by atoms with van der Waals surface area (Å²) in [7, 11) is 0. The number of aliphatic carboxylic acids is 1. The Morgan fingerprint density at radius 2 is 1.73 bits per heavy atom. The predicted molar refractivity (Wildman–Crippen MR) is 121 cm³/mol. The molecule has 7 nitrogen and oxygen atoms in total. The van der Waals surface area contributed by atoms with Crippen LogP contribution in [0.4, 0.5) is 4.39 Å². The fourth-order valence-corrected chi connectivity index (χ4v) is 3.60. The van der Waals surface area contributed by atoms with Gasteiger partial charge in [0.1, 0.15) is 5.69 Å². The lowest BCUT2D eigenvalue weighted by molar-refractivity contribution is -0.148. The number of aromatic nitrogens is 3. The van der Waals surface area contributed by atoms with Gasteiger partial charge in [-0.15, -0.1) is 0 Å². The molecule has 0 fully saturated rings. The maximum Gasteiger partial charge on any atom is 0.334 e. The molecular formula is C25H23FN4O3. The summed E-state index contributed by atoms with van der Waals surface area (Å²) in [4.78, 5) is 15.8. The number of carboxylic acid groups (broad SMARTS) is 1. The molecule has 2 aromatic heterocycles. The molecule has 33 heavy (non-hydrogen) atoms. The van der Waals surface area contributed by atoms with Crippen molar-refractivity contribution in [1.82, 2.24) is 20.1 Å². The summed E-state index contributed by atoms with van der Waals surface area (Å²) < 4.78 is 16.0. The number of aliphatic hydroxyl groups is 1. The number of aliphatic hydroxyl groups excluding tert-OH is 1. The van der Waals surface area contributed by atoms with Gasteiger partial charge in [0.15, 0.2) is 17.7 Å². The second kappa shape index (κ2) is 10.2. The highest BCUT2D eigenvalue weighted by atomic mass is 19.1. The minimum atomic E-state index is -1.60. The Hall–Kier alpha value is -3.88. The van der Waals surface area contributed by atoms with Crippen LogP contribution in [0, 0.1) is 5.82 Å². The third kappa shape index (κ3) is 5.31. The number of hydrogen-bond acceptors (Lipinski definition) is 5. The molecule has 2 atom stereocenters. The Balaban J connectivity index is 1.58. The Morgan fingerprint density at radius 1 is 1.03 bits per heavy atom. The van der Waals surface area contributed by atoms with Crippen molar-refractivity contribution < 1.29 is 19.4 Å². The first-order chi connectivity index (χ1) is 16.0. The lowest BCUT2D eigenvalue weighted by atomic mass is 10.0. The van der Waals surface area contributed by atoms with Gasteiger partial charge in [-0.3, -0.25) is 0 Å². The van der Waals surface area contributed by atoms with Gasteiger partial charge in [-0.2, -0.15) is 5.10 Å². The number of carbonyl (C=O) groups is 1. The Kier molecular flexibility index (Phi) is 6.87. The highest BCUT2D eigenvalue weighted by Gasteiger charge is 2.26. The Morgan fingerprint density at radius 3 is 2.42 bits per heavy atom. The molecule has 4 rings (SSSR count). The first kappa shape index (κ1) is 22.3. The fourth-order valence-electron chi connectivity index (χ4n) is 3.60. The normalized spacial score (nSPS) is 12.9. The van der Waals surface area contributed by atoms with Gasteiger partial charge in [-0.25, -0.2) is 18.9 Å². The summed E-state index contributed by atoms with van der Waals surface area (Å²) in [6, 6.07) is 21.1. The van der Waals surface area contributed by atoms with E-state index in [0.29, 0.717) is 23.4 Å². The third-order valence-corrected chi connectivity index (χ3v) is 5.29. The van der Waals surface area contributed by atoms with Crippen molar-refractivity contribution in [2.45, 2.75) is 25.1 Å². The third-order valence-electron chi connectivity index (χ3n) is 5.29. The lowest BCUT2D eigenvalue weighted by Gasteiger charge is -2.22. The standard InChI is InChI=1S/C25H23FN4O3/c26-20-16-30(29-22(20)18-10-5-2-6-11-18)24-19(12-7-13-27-24)15-28-21(23(31)25(32)33)14-17-8-3-1-4-9-17/h1-13,16,21,23,28,31H,14-15H2,(H,32,33). The van der Waals surface area contributed by atoms with E-state index in [1.54, 1.807) is 30.5 Å². The predicted octanol–water partition coefficient (Wildman–Crippen LogP) is 3.22. The van der Waals surface area contributed by atoms with Gasteiger partial charge in [0.2, 0.25) is 0 Å². The number of rotatable bonds is 9. The summed E-state index contributed by atoms with van der Waals surface area (Å²) in [5.41, 5.74) is 2.43. The van der Waals surface area contributed by atoms with Crippen LogP contribution < -0.4 is 5.32 Å². The van der Waals surface area contributed by atoms with E-state index < -0.39 is 23.9 Å². The average molecular weight is 446 g/mol. The molecule has 0 saturated carbocycles.